The largest absolute Gasteiger partial charge is 0.496 e. The van der Waals surface area contributed by atoms with Gasteiger partial charge in [0, 0.05) is 30.9 Å². The van der Waals surface area contributed by atoms with E-state index in [0.29, 0.717) is 24.7 Å². The minimum Gasteiger partial charge on any atom is -0.496 e. The third kappa shape index (κ3) is 3.99. The van der Waals surface area contributed by atoms with Gasteiger partial charge in [-0.1, -0.05) is 0 Å². The highest BCUT2D eigenvalue weighted by atomic mass is 32.2. The molecular formula is C18H20N4O5S2. The molecule has 1 aromatic carbocycles. The second-order valence-corrected chi connectivity index (χ2v) is 9.20. The molecule has 1 aliphatic rings. The van der Waals surface area contributed by atoms with E-state index in [0.717, 1.165) is 4.96 Å². The molecule has 29 heavy (non-hydrogen) atoms. The van der Waals surface area contributed by atoms with E-state index in [-0.39, 0.29) is 30.1 Å². The molecule has 0 atom stereocenters. The van der Waals surface area contributed by atoms with Gasteiger partial charge in [-0.3, -0.25) is 9.20 Å². The number of fused-ring (bicyclic) bond motifs is 1. The maximum Gasteiger partial charge on any atom is 0.255 e. The van der Waals surface area contributed by atoms with Crippen molar-refractivity contribution in [3.63, 3.8) is 0 Å². The summed E-state index contributed by atoms with van der Waals surface area (Å²) < 4.78 is 39.5. The lowest BCUT2D eigenvalue weighted by Crippen LogP contribution is -2.40. The molecule has 1 N–H and O–H groups in total. The predicted octanol–water partition coefficient (Wildman–Crippen LogP) is 1.36. The fourth-order valence-electron chi connectivity index (χ4n) is 3.09. The Balaban J connectivity index is 1.55. The first-order valence-electron chi connectivity index (χ1n) is 8.94. The molecule has 1 fully saturated rings. The smallest absolute Gasteiger partial charge is 0.255 e. The molecule has 1 amide bonds. The van der Waals surface area contributed by atoms with Gasteiger partial charge in [-0.15, -0.1) is 11.3 Å². The second kappa shape index (κ2) is 8.11. The maximum absolute atomic E-state index is 12.9. The Bertz CT molecular complexity index is 1100. The Morgan fingerprint density at radius 3 is 2.86 bits per heavy atom. The molecule has 9 nitrogen and oxygen atoms in total. The number of hydrogen-bond donors (Lipinski definition) is 1. The van der Waals surface area contributed by atoms with Crippen LogP contribution >= 0.6 is 11.3 Å². The van der Waals surface area contributed by atoms with E-state index < -0.39 is 15.9 Å². The van der Waals surface area contributed by atoms with Gasteiger partial charge in [-0.25, -0.2) is 13.4 Å². The van der Waals surface area contributed by atoms with Crippen LogP contribution in [0.15, 0.2) is 40.9 Å². The average Bonchev–Trinajstić information content (AvgIpc) is 3.34. The first-order chi connectivity index (χ1) is 14.0. The molecule has 0 aliphatic carbocycles. The number of aromatic nitrogens is 2. The number of hydrogen-bond acceptors (Lipinski definition) is 7. The van der Waals surface area contributed by atoms with Crippen LogP contribution in [0.2, 0.25) is 0 Å². The van der Waals surface area contributed by atoms with Crippen molar-refractivity contribution in [1.82, 2.24) is 19.0 Å². The van der Waals surface area contributed by atoms with Crippen molar-refractivity contribution in [3.8, 4) is 5.75 Å². The van der Waals surface area contributed by atoms with Crippen molar-refractivity contribution >= 4 is 32.2 Å². The molecule has 1 aliphatic heterocycles. The van der Waals surface area contributed by atoms with Crippen LogP contribution in [0.4, 0.5) is 0 Å². The number of benzene rings is 1. The van der Waals surface area contributed by atoms with E-state index >= 15 is 0 Å². The molecule has 1 saturated heterocycles. The van der Waals surface area contributed by atoms with Crippen molar-refractivity contribution in [2.24, 2.45) is 0 Å². The topological polar surface area (TPSA) is 102 Å². The van der Waals surface area contributed by atoms with E-state index in [9.17, 15) is 13.2 Å². The Kier molecular flexibility index (Phi) is 5.54. The standard InChI is InChI=1S/C18H20N4O5S2/c1-26-16-3-2-14(29(24,25)22-4-7-27-8-5-22)10-15(16)17(23)19-11-13-12-21-6-9-28-18(21)20-13/h2-3,6,9-10,12H,4-5,7-8,11H2,1H3,(H,19,23). The molecule has 4 rings (SSSR count). The van der Waals surface area contributed by atoms with E-state index in [4.69, 9.17) is 9.47 Å². The minimum atomic E-state index is -3.72. The van der Waals surface area contributed by atoms with Crippen LogP contribution in [0, 0.1) is 0 Å². The summed E-state index contributed by atoms with van der Waals surface area (Å²) in [5, 5.41) is 4.71. The highest BCUT2D eigenvalue weighted by molar-refractivity contribution is 7.89. The summed E-state index contributed by atoms with van der Waals surface area (Å²) in [5.74, 6) is -0.133. The van der Waals surface area contributed by atoms with Crippen LogP contribution in [-0.4, -0.2) is 61.4 Å². The Morgan fingerprint density at radius 2 is 2.14 bits per heavy atom. The number of methoxy groups -OCH3 is 1. The lowest BCUT2D eigenvalue weighted by atomic mass is 10.2. The van der Waals surface area contributed by atoms with Gasteiger partial charge in [-0.05, 0) is 18.2 Å². The first kappa shape index (κ1) is 19.8. The minimum absolute atomic E-state index is 0.0489. The number of nitrogens with one attached hydrogen (secondary N) is 1. The Hall–Kier alpha value is -2.47. The molecule has 0 radical (unpaired) electrons. The van der Waals surface area contributed by atoms with Crippen LogP contribution < -0.4 is 10.1 Å². The third-order valence-electron chi connectivity index (χ3n) is 4.60. The fourth-order valence-corrected chi connectivity index (χ4v) is 5.24. The van der Waals surface area contributed by atoms with Crippen molar-refractivity contribution in [2.75, 3.05) is 33.4 Å². The van der Waals surface area contributed by atoms with Gasteiger partial charge in [0.1, 0.15) is 5.75 Å². The Morgan fingerprint density at radius 1 is 1.34 bits per heavy atom. The van der Waals surface area contributed by atoms with Gasteiger partial charge >= 0.3 is 0 Å². The lowest BCUT2D eigenvalue weighted by molar-refractivity contribution is 0.0730. The summed E-state index contributed by atoms with van der Waals surface area (Å²) in [6.45, 7) is 1.49. The van der Waals surface area contributed by atoms with E-state index in [1.54, 1.807) is 0 Å². The molecule has 0 saturated carbocycles. The summed E-state index contributed by atoms with van der Waals surface area (Å²) in [6, 6.07) is 4.30. The van der Waals surface area contributed by atoms with Crippen LogP contribution in [0.5, 0.6) is 5.75 Å². The molecule has 3 aromatic rings. The van der Waals surface area contributed by atoms with E-state index in [2.05, 4.69) is 10.3 Å². The van der Waals surface area contributed by atoms with Gasteiger partial charge in [0.2, 0.25) is 10.0 Å². The number of morpholine rings is 1. The zero-order valence-electron chi connectivity index (χ0n) is 15.7. The molecule has 0 bridgehead atoms. The molecular weight excluding hydrogens is 416 g/mol. The number of nitrogens with zero attached hydrogens (tertiary/aromatic N) is 3. The summed E-state index contributed by atoms with van der Waals surface area (Å²) in [5.41, 5.74) is 0.865. The monoisotopic (exact) mass is 436 g/mol. The van der Waals surface area contributed by atoms with E-state index in [1.165, 1.54) is 41.0 Å². The quantitative estimate of drug-likeness (QED) is 0.626. The molecule has 0 unspecified atom stereocenters. The van der Waals surface area contributed by atoms with Crippen LogP contribution in [-0.2, 0) is 21.3 Å². The SMILES string of the molecule is COc1ccc(S(=O)(=O)N2CCOCC2)cc1C(=O)NCc1cn2ccsc2n1. The lowest BCUT2D eigenvalue weighted by Gasteiger charge is -2.26. The summed E-state index contributed by atoms with van der Waals surface area (Å²) in [6.07, 6.45) is 3.73. The fraction of sp³-hybridized carbons (Fsp3) is 0.333. The number of thiazole rings is 1. The van der Waals surface area contributed by atoms with Crippen LogP contribution in [0.25, 0.3) is 4.96 Å². The average molecular weight is 437 g/mol. The summed E-state index contributed by atoms with van der Waals surface area (Å²) >= 11 is 1.50. The highest BCUT2D eigenvalue weighted by Gasteiger charge is 2.28. The number of sulfonamides is 1. The van der Waals surface area contributed by atoms with E-state index in [1.807, 2.05) is 22.2 Å². The molecule has 3 heterocycles. The summed E-state index contributed by atoms with van der Waals surface area (Å²) in [4.78, 5) is 18.1. The Labute approximate surface area is 171 Å². The number of imidazole rings is 1. The third-order valence-corrected chi connectivity index (χ3v) is 7.26. The predicted molar refractivity (Wildman–Crippen MR) is 107 cm³/mol. The van der Waals surface area contributed by atoms with Gasteiger partial charge in [0.25, 0.3) is 5.91 Å². The summed E-state index contributed by atoms with van der Waals surface area (Å²) in [7, 11) is -2.28. The van der Waals surface area contributed by atoms with Crippen LogP contribution in [0.1, 0.15) is 16.1 Å². The van der Waals surface area contributed by atoms with Gasteiger partial charge < -0.3 is 14.8 Å². The molecule has 2 aromatic heterocycles. The highest BCUT2D eigenvalue weighted by Crippen LogP contribution is 2.25. The van der Waals surface area contributed by atoms with Crippen molar-refractivity contribution in [1.29, 1.82) is 0 Å². The first-order valence-corrected chi connectivity index (χ1v) is 11.3. The maximum atomic E-state index is 12.9. The molecule has 11 heteroatoms. The zero-order chi connectivity index (χ0) is 20.4. The van der Waals surface area contributed by atoms with Crippen molar-refractivity contribution in [2.45, 2.75) is 11.4 Å². The number of ether oxygens (including phenoxy) is 2. The normalized spacial score (nSPS) is 15.5. The molecule has 154 valence electrons. The molecule has 0 spiro atoms. The number of carbonyl (C=O) groups excluding carboxylic acids is 1. The number of amides is 1. The second-order valence-electron chi connectivity index (χ2n) is 6.39. The van der Waals surface area contributed by atoms with Crippen molar-refractivity contribution in [3.05, 3.63) is 47.2 Å². The van der Waals surface area contributed by atoms with Crippen LogP contribution in [0.3, 0.4) is 0 Å². The zero-order valence-corrected chi connectivity index (χ0v) is 17.3. The number of rotatable bonds is 6. The van der Waals surface area contributed by atoms with Gasteiger partial charge in [0.05, 0.1) is 43.0 Å². The van der Waals surface area contributed by atoms with Gasteiger partial charge in [-0.2, -0.15) is 4.31 Å². The van der Waals surface area contributed by atoms with Gasteiger partial charge in [0.15, 0.2) is 4.96 Å². The van der Waals surface area contributed by atoms with Crippen molar-refractivity contribution < 1.29 is 22.7 Å². The number of carbonyl (C=O) groups is 1.